The van der Waals surface area contributed by atoms with E-state index in [1.54, 1.807) is 14.0 Å². The van der Waals surface area contributed by atoms with Crippen LogP contribution in [-0.2, 0) is 16.1 Å². The highest BCUT2D eigenvalue weighted by molar-refractivity contribution is 5.26. The van der Waals surface area contributed by atoms with Crippen LogP contribution in [0, 0.1) is 0 Å². The van der Waals surface area contributed by atoms with E-state index in [9.17, 15) is 10.2 Å². The zero-order valence-electron chi connectivity index (χ0n) is 10.4. The van der Waals surface area contributed by atoms with E-state index in [4.69, 9.17) is 14.2 Å². The van der Waals surface area contributed by atoms with Crippen molar-refractivity contribution in [3.8, 4) is 5.75 Å². The van der Waals surface area contributed by atoms with Gasteiger partial charge in [0.05, 0.1) is 19.8 Å². The van der Waals surface area contributed by atoms with Crippen molar-refractivity contribution in [2.75, 3.05) is 7.11 Å². The summed E-state index contributed by atoms with van der Waals surface area (Å²) in [4.78, 5) is 0. The van der Waals surface area contributed by atoms with Crippen LogP contribution in [0.1, 0.15) is 12.5 Å². The largest absolute Gasteiger partial charge is 0.497 e. The van der Waals surface area contributed by atoms with Crippen molar-refractivity contribution in [3.05, 3.63) is 29.8 Å². The van der Waals surface area contributed by atoms with E-state index in [0.717, 1.165) is 11.3 Å². The molecule has 0 saturated carbocycles. The van der Waals surface area contributed by atoms with Crippen molar-refractivity contribution in [1.29, 1.82) is 0 Å². The van der Waals surface area contributed by atoms with Gasteiger partial charge in [0.15, 0.2) is 6.29 Å². The third-order valence-corrected chi connectivity index (χ3v) is 3.05. The maximum absolute atomic E-state index is 9.67. The van der Waals surface area contributed by atoms with E-state index in [1.165, 1.54) is 0 Å². The Kier molecular flexibility index (Phi) is 4.19. The molecule has 0 aliphatic carbocycles. The van der Waals surface area contributed by atoms with Gasteiger partial charge in [-0.2, -0.15) is 0 Å². The predicted octanol–water partition coefficient (Wildman–Crippen LogP) is 0.678. The van der Waals surface area contributed by atoms with Crippen LogP contribution in [0.15, 0.2) is 24.3 Å². The average molecular weight is 254 g/mol. The van der Waals surface area contributed by atoms with Crippen LogP contribution < -0.4 is 4.74 Å². The molecule has 1 saturated heterocycles. The Labute approximate surface area is 106 Å². The summed E-state index contributed by atoms with van der Waals surface area (Å²) in [5, 5.41) is 19.0. The van der Waals surface area contributed by atoms with Gasteiger partial charge in [-0.25, -0.2) is 0 Å². The van der Waals surface area contributed by atoms with Gasteiger partial charge in [-0.15, -0.1) is 0 Å². The normalized spacial score (nSPS) is 31.6. The van der Waals surface area contributed by atoms with Crippen LogP contribution in [0.5, 0.6) is 5.75 Å². The minimum atomic E-state index is -1.17. The fraction of sp³-hybridized carbons (Fsp3) is 0.538. The van der Waals surface area contributed by atoms with Crippen molar-refractivity contribution in [2.24, 2.45) is 0 Å². The molecule has 5 nitrogen and oxygen atoms in total. The summed E-state index contributed by atoms with van der Waals surface area (Å²) in [5.74, 6) is 0.784. The van der Waals surface area contributed by atoms with Gasteiger partial charge in [-0.1, -0.05) is 12.1 Å². The highest BCUT2D eigenvalue weighted by Crippen LogP contribution is 2.23. The summed E-state index contributed by atoms with van der Waals surface area (Å²) in [5.41, 5.74) is 0.969. The molecule has 0 bridgehead atoms. The fourth-order valence-corrected chi connectivity index (χ4v) is 1.97. The number of aliphatic hydroxyl groups is 2. The monoisotopic (exact) mass is 254 g/mol. The first kappa shape index (κ1) is 13.3. The van der Waals surface area contributed by atoms with Crippen molar-refractivity contribution in [1.82, 2.24) is 0 Å². The summed E-state index contributed by atoms with van der Waals surface area (Å²) in [7, 11) is 1.61. The summed E-state index contributed by atoms with van der Waals surface area (Å²) < 4.78 is 15.7. The molecule has 0 spiro atoms. The van der Waals surface area contributed by atoms with Crippen LogP contribution in [-0.4, -0.2) is 41.9 Å². The minimum absolute atomic E-state index is 0.326. The third kappa shape index (κ3) is 2.81. The second kappa shape index (κ2) is 5.67. The number of methoxy groups -OCH3 is 1. The smallest absolute Gasteiger partial charge is 0.183 e. The molecule has 1 aromatic carbocycles. The van der Waals surface area contributed by atoms with E-state index in [2.05, 4.69) is 0 Å². The van der Waals surface area contributed by atoms with Crippen molar-refractivity contribution >= 4 is 0 Å². The molecule has 18 heavy (non-hydrogen) atoms. The highest BCUT2D eigenvalue weighted by Gasteiger charge is 2.41. The number of hydrogen-bond acceptors (Lipinski definition) is 5. The minimum Gasteiger partial charge on any atom is -0.497 e. The second-order valence-electron chi connectivity index (χ2n) is 4.35. The van der Waals surface area contributed by atoms with E-state index in [0.29, 0.717) is 6.61 Å². The molecule has 1 aromatic rings. The van der Waals surface area contributed by atoms with Crippen LogP contribution in [0.4, 0.5) is 0 Å². The lowest BCUT2D eigenvalue weighted by Crippen LogP contribution is -2.34. The van der Waals surface area contributed by atoms with Gasteiger partial charge in [-0.3, -0.25) is 0 Å². The summed E-state index contributed by atoms with van der Waals surface area (Å²) in [6.45, 7) is 2.12. The zero-order valence-corrected chi connectivity index (χ0v) is 10.4. The van der Waals surface area contributed by atoms with Gasteiger partial charge in [0.2, 0.25) is 0 Å². The van der Waals surface area contributed by atoms with Gasteiger partial charge in [0.25, 0.3) is 0 Å². The molecule has 1 aliphatic heterocycles. The maximum Gasteiger partial charge on any atom is 0.183 e. The molecule has 1 heterocycles. The first-order valence-corrected chi connectivity index (χ1v) is 5.88. The Balaban J connectivity index is 1.90. The Morgan fingerprint density at radius 3 is 2.39 bits per heavy atom. The summed E-state index contributed by atoms with van der Waals surface area (Å²) in [6, 6.07) is 7.47. The lowest BCUT2D eigenvalue weighted by Gasteiger charge is -2.17. The quantitative estimate of drug-likeness (QED) is 0.827. The van der Waals surface area contributed by atoms with E-state index < -0.39 is 18.5 Å². The lowest BCUT2D eigenvalue weighted by atomic mass is 10.1. The van der Waals surface area contributed by atoms with Crippen molar-refractivity contribution < 1.29 is 24.4 Å². The molecule has 0 amide bonds. The van der Waals surface area contributed by atoms with Gasteiger partial charge in [-0.05, 0) is 24.6 Å². The number of hydrogen-bond donors (Lipinski definition) is 2. The number of ether oxygens (including phenoxy) is 3. The topological polar surface area (TPSA) is 68.2 Å². The van der Waals surface area contributed by atoms with Crippen LogP contribution in [0.3, 0.4) is 0 Å². The molecular weight excluding hydrogens is 236 g/mol. The molecule has 2 rings (SSSR count). The SMILES string of the molecule is COc1ccc(COC2C(O)[C@H](O)O[C@H]2C)cc1. The lowest BCUT2D eigenvalue weighted by molar-refractivity contribution is -0.124. The molecule has 0 aromatic heterocycles. The Bertz CT molecular complexity index is 377. The number of rotatable bonds is 4. The Morgan fingerprint density at radius 1 is 1.22 bits per heavy atom. The van der Waals surface area contributed by atoms with Gasteiger partial charge in [0, 0.05) is 0 Å². The highest BCUT2D eigenvalue weighted by atomic mass is 16.7. The van der Waals surface area contributed by atoms with Gasteiger partial charge >= 0.3 is 0 Å². The van der Waals surface area contributed by atoms with E-state index >= 15 is 0 Å². The first-order valence-electron chi connectivity index (χ1n) is 5.88. The number of benzene rings is 1. The summed E-state index contributed by atoms with van der Waals surface area (Å²) >= 11 is 0. The zero-order chi connectivity index (χ0) is 13.1. The molecular formula is C13H18O5. The molecule has 2 unspecified atom stereocenters. The average Bonchev–Trinajstić information content (AvgIpc) is 2.62. The Morgan fingerprint density at radius 2 is 1.89 bits per heavy atom. The molecule has 1 aliphatic rings. The van der Waals surface area contributed by atoms with Crippen LogP contribution in [0.25, 0.3) is 0 Å². The fourth-order valence-electron chi connectivity index (χ4n) is 1.97. The molecule has 4 atom stereocenters. The van der Waals surface area contributed by atoms with Gasteiger partial charge in [0.1, 0.15) is 18.0 Å². The van der Waals surface area contributed by atoms with E-state index in [-0.39, 0.29) is 6.10 Å². The molecule has 100 valence electrons. The molecule has 5 heteroatoms. The second-order valence-corrected chi connectivity index (χ2v) is 4.35. The Hall–Kier alpha value is -1.14. The van der Waals surface area contributed by atoms with Crippen LogP contribution in [0.2, 0.25) is 0 Å². The first-order chi connectivity index (χ1) is 8.61. The van der Waals surface area contributed by atoms with E-state index in [1.807, 2.05) is 24.3 Å². The molecule has 2 N–H and O–H groups in total. The predicted molar refractivity (Wildman–Crippen MR) is 64.1 cm³/mol. The number of aliphatic hydroxyl groups excluding tert-OH is 2. The summed E-state index contributed by atoms with van der Waals surface area (Å²) in [6.07, 6.45) is -3.01. The van der Waals surface area contributed by atoms with Crippen molar-refractivity contribution in [2.45, 2.75) is 38.1 Å². The standard InChI is InChI=1S/C13H18O5/c1-8-12(11(14)13(15)18-8)17-7-9-3-5-10(16-2)6-4-9/h3-6,8,11-15H,7H2,1-2H3/t8-,11?,12?,13+/m0/s1. The van der Waals surface area contributed by atoms with Crippen molar-refractivity contribution in [3.63, 3.8) is 0 Å². The maximum atomic E-state index is 9.67. The van der Waals surface area contributed by atoms with Gasteiger partial charge < -0.3 is 24.4 Å². The molecule has 1 fully saturated rings. The molecule has 0 radical (unpaired) electrons. The third-order valence-electron chi connectivity index (χ3n) is 3.05. The van der Waals surface area contributed by atoms with Crippen LogP contribution >= 0.6 is 0 Å².